The van der Waals surface area contributed by atoms with Crippen LogP contribution in [-0.2, 0) is 33.2 Å². The second-order valence-electron chi connectivity index (χ2n) is 23.6. The van der Waals surface area contributed by atoms with Crippen LogP contribution in [-0.4, -0.2) is 191 Å². The fourth-order valence-corrected chi connectivity index (χ4v) is 15.1. The quantitative estimate of drug-likeness (QED) is 0.0758. The lowest BCUT2D eigenvalue weighted by Crippen LogP contribution is -2.68. The molecule has 0 bridgehead atoms. The zero-order valence-electron chi connectivity index (χ0n) is 39.8. The fourth-order valence-electron chi connectivity index (χ4n) is 15.1. The molecule has 3 saturated heterocycles. The molecule has 384 valence electrons. The number of aliphatic hydroxyl groups excluding tert-OH is 12. The highest BCUT2D eigenvalue weighted by molar-refractivity contribution is 5.80. The number of aliphatic hydroxyl groups is 12. The molecule has 24 unspecified atom stereocenters. The second kappa shape index (κ2) is 18.2. The summed E-state index contributed by atoms with van der Waals surface area (Å²) < 4.78 is 36.0. The Hall–Kier alpha value is -1.47. The van der Waals surface area contributed by atoms with Crippen LogP contribution >= 0.6 is 0 Å². The molecule has 0 aromatic carbocycles. The molecular formula is C48H78O19. The van der Waals surface area contributed by atoms with Gasteiger partial charge >= 0.3 is 5.97 Å². The minimum atomic E-state index is -1.80. The first-order valence-corrected chi connectivity index (χ1v) is 24.4. The third-order valence-electron chi connectivity index (χ3n) is 19.3. The van der Waals surface area contributed by atoms with Gasteiger partial charge in [0.05, 0.1) is 32.0 Å². The van der Waals surface area contributed by atoms with Gasteiger partial charge in [-0.15, -0.1) is 0 Å². The van der Waals surface area contributed by atoms with Crippen molar-refractivity contribution in [3.63, 3.8) is 0 Å². The van der Waals surface area contributed by atoms with E-state index in [0.717, 1.165) is 24.8 Å². The van der Waals surface area contributed by atoms with E-state index in [1.54, 1.807) is 0 Å². The Morgan fingerprint density at radius 2 is 1.16 bits per heavy atom. The van der Waals surface area contributed by atoms with E-state index in [-0.39, 0.29) is 34.5 Å². The molecule has 24 atom stereocenters. The van der Waals surface area contributed by atoms with Crippen LogP contribution in [0.15, 0.2) is 11.6 Å². The maximum Gasteiger partial charge on any atom is 0.317 e. The molecule has 4 saturated carbocycles. The van der Waals surface area contributed by atoms with Gasteiger partial charge in [-0.05, 0) is 103 Å². The summed E-state index contributed by atoms with van der Waals surface area (Å²) in [6, 6.07) is 0. The Labute approximate surface area is 392 Å². The van der Waals surface area contributed by atoms with Crippen LogP contribution in [0.25, 0.3) is 0 Å². The Morgan fingerprint density at radius 3 is 1.76 bits per heavy atom. The van der Waals surface area contributed by atoms with Crippen molar-refractivity contribution in [2.45, 2.75) is 211 Å². The average Bonchev–Trinajstić information content (AvgIpc) is 3.27. The van der Waals surface area contributed by atoms with Crippen molar-refractivity contribution in [2.75, 3.05) is 19.8 Å². The number of fused-ring (bicyclic) bond motifs is 7. The van der Waals surface area contributed by atoms with Crippen molar-refractivity contribution in [1.29, 1.82) is 0 Å². The van der Waals surface area contributed by atoms with Crippen molar-refractivity contribution in [2.24, 2.45) is 50.2 Å². The van der Waals surface area contributed by atoms with E-state index in [1.807, 2.05) is 0 Å². The molecule has 3 heterocycles. The number of carbonyl (C=O) groups is 1. The molecule has 8 aliphatic rings. The van der Waals surface area contributed by atoms with Crippen molar-refractivity contribution in [3.05, 3.63) is 11.6 Å². The highest BCUT2D eigenvalue weighted by Gasteiger charge is 2.72. The number of allylic oxidation sites excluding steroid dienone is 2. The number of ether oxygens (including phenoxy) is 6. The summed E-state index contributed by atoms with van der Waals surface area (Å²) >= 11 is 0. The Bertz CT molecular complexity index is 1830. The normalized spacial score (nSPS) is 53.8. The third kappa shape index (κ3) is 8.01. The molecule has 8 rings (SSSR count). The first-order valence-electron chi connectivity index (χ1n) is 24.4. The topological polar surface area (TPSA) is 315 Å². The smallest absolute Gasteiger partial charge is 0.317 e. The van der Waals surface area contributed by atoms with Crippen LogP contribution in [0.3, 0.4) is 0 Å². The fraction of sp³-hybridized carbons (Fsp3) is 0.938. The van der Waals surface area contributed by atoms with Gasteiger partial charge in [-0.2, -0.15) is 0 Å². The van der Waals surface area contributed by atoms with Gasteiger partial charge in [-0.3, -0.25) is 4.79 Å². The summed E-state index contributed by atoms with van der Waals surface area (Å²) in [7, 11) is 0. The molecule has 7 fully saturated rings. The van der Waals surface area contributed by atoms with E-state index in [1.165, 1.54) is 0 Å². The monoisotopic (exact) mass is 959 g/mol. The average molecular weight is 959 g/mol. The number of hydrogen-bond donors (Lipinski definition) is 12. The predicted octanol–water partition coefficient (Wildman–Crippen LogP) is -0.889. The number of hydrogen-bond acceptors (Lipinski definition) is 19. The van der Waals surface area contributed by atoms with Crippen molar-refractivity contribution >= 4 is 5.97 Å². The molecule has 19 nitrogen and oxygen atoms in total. The Balaban J connectivity index is 1.06. The minimum absolute atomic E-state index is 0.0858. The number of rotatable bonds is 9. The SMILES string of the molecule is CC1(C)CCC2(C(=O)OC3OC(CO)C(O)C(O)C3O)C(O)CC3(C)C(=CCC4C5(C)CCC(OC6OC(CO)C(O)C(O)C6OC6OC(CO)C(O)C(O)C6O)C(C)(C)C5CCC43C)C2C1. The molecular weight excluding hydrogens is 881 g/mol. The molecule has 5 aliphatic carbocycles. The van der Waals surface area contributed by atoms with Crippen LogP contribution in [0.1, 0.15) is 106 Å². The molecule has 3 aliphatic heterocycles. The molecule has 19 heteroatoms. The van der Waals surface area contributed by atoms with E-state index >= 15 is 0 Å². The summed E-state index contributed by atoms with van der Waals surface area (Å²) in [5.74, 6) is -0.945. The lowest BCUT2D eigenvalue weighted by molar-refractivity contribution is -0.378. The molecule has 67 heavy (non-hydrogen) atoms. The van der Waals surface area contributed by atoms with E-state index in [4.69, 9.17) is 28.4 Å². The van der Waals surface area contributed by atoms with Crippen LogP contribution < -0.4 is 0 Å². The van der Waals surface area contributed by atoms with Gasteiger partial charge in [0, 0.05) is 0 Å². The molecule has 0 aromatic rings. The Kier molecular flexibility index (Phi) is 14.1. The van der Waals surface area contributed by atoms with E-state index in [9.17, 15) is 66.1 Å². The molecule has 0 amide bonds. The van der Waals surface area contributed by atoms with Gasteiger partial charge in [0.2, 0.25) is 6.29 Å². The largest absolute Gasteiger partial charge is 0.432 e. The van der Waals surface area contributed by atoms with Crippen LogP contribution in [0.2, 0.25) is 0 Å². The van der Waals surface area contributed by atoms with Crippen molar-refractivity contribution in [3.8, 4) is 0 Å². The predicted molar refractivity (Wildman–Crippen MR) is 232 cm³/mol. The molecule has 0 aromatic heterocycles. The van der Waals surface area contributed by atoms with Gasteiger partial charge in [-0.25, -0.2) is 0 Å². The van der Waals surface area contributed by atoms with Gasteiger partial charge in [0.25, 0.3) is 0 Å². The number of carbonyl (C=O) groups excluding carboxylic acids is 1. The van der Waals surface area contributed by atoms with Crippen molar-refractivity contribution < 1.29 is 94.5 Å². The zero-order chi connectivity index (χ0) is 49.1. The van der Waals surface area contributed by atoms with Gasteiger partial charge in [0.15, 0.2) is 12.6 Å². The second-order valence-corrected chi connectivity index (χ2v) is 23.6. The molecule has 0 spiro atoms. The van der Waals surface area contributed by atoms with Crippen LogP contribution in [0.4, 0.5) is 0 Å². The minimum Gasteiger partial charge on any atom is -0.432 e. The van der Waals surface area contributed by atoms with Gasteiger partial charge in [-0.1, -0.05) is 60.1 Å². The summed E-state index contributed by atoms with van der Waals surface area (Å²) in [6.07, 6.45) is -17.7. The maximum atomic E-state index is 14.7. The Morgan fingerprint density at radius 1 is 0.612 bits per heavy atom. The summed E-state index contributed by atoms with van der Waals surface area (Å²) in [5, 5.41) is 128. The van der Waals surface area contributed by atoms with Gasteiger partial charge < -0.3 is 89.7 Å². The third-order valence-corrected chi connectivity index (χ3v) is 19.3. The zero-order valence-corrected chi connectivity index (χ0v) is 39.8. The highest BCUT2D eigenvalue weighted by atomic mass is 16.8. The molecule has 12 N–H and O–H groups in total. The lowest BCUT2D eigenvalue weighted by atomic mass is 9.33. The highest BCUT2D eigenvalue weighted by Crippen LogP contribution is 2.76. The van der Waals surface area contributed by atoms with Crippen LogP contribution in [0.5, 0.6) is 0 Å². The summed E-state index contributed by atoms with van der Waals surface area (Å²) in [6.45, 7) is 13.5. The van der Waals surface area contributed by atoms with Gasteiger partial charge in [0.1, 0.15) is 78.7 Å². The summed E-state index contributed by atoms with van der Waals surface area (Å²) in [5.41, 5.74) is -2.13. The lowest BCUT2D eigenvalue weighted by Gasteiger charge is -2.71. The van der Waals surface area contributed by atoms with E-state index in [2.05, 4.69) is 54.5 Å². The van der Waals surface area contributed by atoms with Crippen LogP contribution in [0, 0.1) is 50.2 Å². The van der Waals surface area contributed by atoms with E-state index < -0.39 is 152 Å². The first kappa shape index (κ1) is 51.9. The standard InChI is InChI=1S/C48H78O19/c1-43(2)14-15-48(42(61)67-40-37(60)34(57)31(54)24(19-50)63-40)22(16-43)21-8-9-27-45(5)12-11-29(44(3,4)26(45)10-13-46(27,6)47(21,7)17-28(48)52)65-41-38(35(58)32(55)25(20-51)64-41)66-39-36(59)33(56)30(53)23(18-49)62-39/h8,22-41,49-60H,9-20H2,1-7H3. The number of esters is 1. The van der Waals surface area contributed by atoms with Crippen molar-refractivity contribution in [1.82, 2.24) is 0 Å². The molecule has 0 radical (unpaired) electrons. The maximum absolute atomic E-state index is 14.7. The van der Waals surface area contributed by atoms with E-state index in [0.29, 0.717) is 32.1 Å². The first-order chi connectivity index (χ1) is 31.3. The summed E-state index contributed by atoms with van der Waals surface area (Å²) in [4.78, 5) is 14.7.